The van der Waals surface area contributed by atoms with Crippen LogP contribution in [0.5, 0.6) is 0 Å². The molecular weight excluding hydrogens is 252 g/mol. The van der Waals surface area contributed by atoms with E-state index in [9.17, 15) is 8.42 Å². The van der Waals surface area contributed by atoms with E-state index in [1.165, 1.54) is 0 Å². The van der Waals surface area contributed by atoms with Crippen LogP contribution in [0.3, 0.4) is 0 Å². The van der Waals surface area contributed by atoms with Crippen LogP contribution in [-0.2, 0) is 10.0 Å². The number of rotatable bonds is 4. The molecule has 0 bridgehead atoms. The van der Waals surface area contributed by atoms with Crippen molar-refractivity contribution in [2.45, 2.75) is 26.7 Å². The molecular formula is C11H20N4O2S. The zero-order chi connectivity index (χ0) is 13.2. The van der Waals surface area contributed by atoms with Crippen molar-refractivity contribution >= 4 is 15.7 Å². The largest absolute Gasteiger partial charge is 0.316 e. The van der Waals surface area contributed by atoms with Crippen LogP contribution >= 0.6 is 0 Å². The second kappa shape index (κ2) is 5.27. The van der Waals surface area contributed by atoms with E-state index in [2.05, 4.69) is 20.2 Å². The van der Waals surface area contributed by atoms with Gasteiger partial charge < -0.3 is 5.32 Å². The van der Waals surface area contributed by atoms with Crippen molar-refractivity contribution < 1.29 is 8.42 Å². The first kappa shape index (κ1) is 13.4. The predicted molar refractivity (Wildman–Crippen MR) is 71.1 cm³/mol. The Bertz CT molecular complexity index is 484. The van der Waals surface area contributed by atoms with Gasteiger partial charge in [-0.25, -0.2) is 8.42 Å². The first-order valence-corrected chi connectivity index (χ1v) is 7.86. The Kier molecular flexibility index (Phi) is 3.91. The summed E-state index contributed by atoms with van der Waals surface area (Å²) >= 11 is 0. The molecule has 2 heterocycles. The molecule has 0 amide bonds. The van der Waals surface area contributed by atoms with E-state index in [0.717, 1.165) is 31.6 Å². The highest BCUT2D eigenvalue weighted by Gasteiger charge is 2.22. The summed E-state index contributed by atoms with van der Waals surface area (Å²) in [7, 11) is -3.30. The Balaban J connectivity index is 2.03. The molecule has 1 aromatic heterocycles. The lowest BCUT2D eigenvalue weighted by molar-refractivity contribution is 0.404. The quantitative estimate of drug-likeness (QED) is 0.755. The lowest BCUT2D eigenvalue weighted by atomic mass is 10.0. The standard InChI is InChI=1S/C11H20N4O2S/c1-8-11(9(2)14-13-8)15-18(16,17)7-10-4-3-5-12-6-10/h10,12,15H,3-7H2,1-2H3,(H,13,14). The number of aromatic amines is 1. The van der Waals surface area contributed by atoms with Gasteiger partial charge in [-0.3, -0.25) is 9.82 Å². The number of nitrogens with zero attached hydrogens (tertiary/aromatic N) is 1. The fourth-order valence-electron chi connectivity index (χ4n) is 2.27. The fraction of sp³-hybridized carbons (Fsp3) is 0.727. The predicted octanol–water partition coefficient (Wildman–Crippen LogP) is 0.768. The SMILES string of the molecule is Cc1n[nH]c(C)c1NS(=O)(=O)CC1CCCNC1. The van der Waals surface area contributed by atoms with Gasteiger partial charge in [-0.15, -0.1) is 0 Å². The number of hydrogen-bond acceptors (Lipinski definition) is 4. The molecule has 102 valence electrons. The summed E-state index contributed by atoms with van der Waals surface area (Å²) < 4.78 is 26.8. The van der Waals surface area contributed by atoms with Crippen LogP contribution < -0.4 is 10.0 Å². The zero-order valence-electron chi connectivity index (χ0n) is 10.8. The van der Waals surface area contributed by atoms with Gasteiger partial charge in [-0.05, 0) is 45.7 Å². The first-order valence-electron chi connectivity index (χ1n) is 6.21. The van der Waals surface area contributed by atoms with E-state index in [-0.39, 0.29) is 11.7 Å². The Morgan fingerprint density at radius 1 is 1.44 bits per heavy atom. The van der Waals surface area contributed by atoms with Crippen LogP contribution in [0.25, 0.3) is 0 Å². The van der Waals surface area contributed by atoms with Crippen molar-refractivity contribution in [3.05, 3.63) is 11.4 Å². The Labute approximate surface area is 108 Å². The minimum atomic E-state index is -3.30. The van der Waals surface area contributed by atoms with Crippen LogP contribution in [-0.4, -0.2) is 37.5 Å². The minimum absolute atomic E-state index is 0.171. The average molecular weight is 272 g/mol. The lowest BCUT2D eigenvalue weighted by Gasteiger charge is -2.22. The van der Waals surface area contributed by atoms with Gasteiger partial charge in [-0.1, -0.05) is 0 Å². The summed E-state index contributed by atoms with van der Waals surface area (Å²) in [6.07, 6.45) is 2.02. The molecule has 1 fully saturated rings. The van der Waals surface area contributed by atoms with Gasteiger partial charge in [0, 0.05) is 0 Å². The van der Waals surface area contributed by atoms with Gasteiger partial charge in [0.25, 0.3) is 0 Å². The van der Waals surface area contributed by atoms with Crippen LogP contribution in [0.4, 0.5) is 5.69 Å². The highest BCUT2D eigenvalue weighted by molar-refractivity contribution is 7.92. The molecule has 18 heavy (non-hydrogen) atoms. The Morgan fingerprint density at radius 2 is 2.22 bits per heavy atom. The molecule has 0 spiro atoms. The maximum absolute atomic E-state index is 12.1. The summed E-state index contributed by atoms with van der Waals surface area (Å²) in [5.74, 6) is 0.369. The van der Waals surface area contributed by atoms with Crippen LogP contribution in [0, 0.1) is 19.8 Å². The van der Waals surface area contributed by atoms with Gasteiger partial charge in [0.1, 0.15) is 0 Å². The molecule has 1 saturated heterocycles. The summed E-state index contributed by atoms with van der Waals surface area (Å²) in [4.78, 5) is 0. The Hall–Kier alpha value is -1.08. The number of piperidine rings is 1. The molecule has 0 saturated carbocycles. The maximum Gasteiger partial charge on any atom is 0.233 e. The van der Waals surface area contributed by atoms with Crippen LogP contribution in [0.15, 0.2) is 0 Å². The van der Waals surface area contributed by atoms with Crippen molar-refractivity contribution in [1.82, 2.24) is 15.5 Å². The van der Waals surface area contributed by atoms with E-state index in [1.807, 2.05) is 0 Å². The molecule has 1 atom stereocenters. The number of H-pyrrole nitrogens is 1. The van der Waals surface area contributed by atoms with Gasteiger partial charge in [-0.2, -0.15) is 5.10 Å². The molecule has 1 aliphatic rings. The fourth-order valence-corrected chi connectivity index (χ4v) is 3.88. The Morgan fingerprint density at radius 3 is 2.78 bits per heavy atom. The van der Waals surface area contributed by atoms with Gasteiger partial charge in [0.2, 0.25) is 10.0 Å². The summed E-state index contributed by atoms with van der Waals surface area (Å²) in [5, 5.41) is 9.98. The topological polar surface area (TPSA) is 86.9 Å². The molecule has 0 aliphatic carbocycles. The van der Waals surface area contributed by atoms with E-state index < -0.39 is 10.0 Å². The normalized spacial score (nSPS) is 20.9. The lowest BCUT2D eigenvalue weighted by Crippen LogP contribution is -2.35. The maximum atomic E-state index is 12.1. The zero-order valence-corrected chi connectivity index (χ0v) is 11.6. The van der Waals surface area contributed by atoms with Crippen molar-refractivity contribution in [2.24, 2.45) is 5.92 Å². The van der Waals surface area contributed by atoms with Crippen molar-refractivity contribution in [2.75, 3.05) is 23.6 Å². The van der Waals surface area contributed by atoms with E-state index in [0.29, 0.717) is 11.4 Å². The number of hydrogen-bond donors (Lipinski definition) is 3. The van der Waals surface area contributed by atoms with E-state index >= 15 is 0 Å². The summed E-state index contributed by atoms with van der Waals surface area (Å²) in [6, 6.07) is 0. The van der Waals surface area contributed by atoms with Gasteiger partial charge >= 0.3 is 0 Å². The molecule has 1 aromatic rings. The molecule has 3 N–H and O–H groups in total. The van der Waals surface area contributed by atoms with E-state index in [1.54, 1.807) is 13.8 Å². The van der Waals surface area contributed by atoms with Gasteiger partial charge in [0.05, 0.1) is 22.8 Å². The molecule has 1 aliphatic heterocycles. The summed E-state index contributed by atoms with van der Waals surface area (Å²) in [5.41, 5.74) is 2.01. The second-order valence-electron chi connectivity index (χ2n) is 4.90. The molecule has 6 nitrogen and oxygen atoms in total. The van der Waals surface area contributed by atoms with Crippen molar-refractivity contribution in [3.63, 3.8) is 0 Å². The third kappa shape index (κ3) is 3.23. The summed E-state index contributed by atoms with van der Waals surface area (Å²) in [6.45, 7) is 5.36. The van der Waals surface area contributed by atoms with E-state index in [4.69, 9.17) is 0 Å². The monoisotopic (exact) mass is 272 g/mol. The average Bonchev–Trinajstić information content (AvgIpc) is 2.61. The highest BCUT2D eigenvalue weighted by Crippen LogP contribution is 2.20. The third-order valence-corrected chi connectivity index (χ3v) is 4.67. The molecule has 2 rings (SSSR count). The number of aromatic nitrogens is 2. The minimum Gasteiger partial charge on any atom is -0.316 e. The van der Waals surface area contributed by atoms with Crippen LogP contribution in [0.2, 0.25) is 0 Å². The number of nitrogens with one attached hydrogen (secondary N) is 3. The number of sulfonamides is 1. The smallest absolute Gasteiger partial charge is 0.233 e. The number of anilines is 1. The van der Waals surface area contributed by atoms with Crippen molar-refractivity contribution in [1.29, 1.82) is 0 Å². The first-order chi connectivity index (χ1) is 8.48. The molecule has 7 heteroatoms. The highest BCUT2D eigenvalue weighted by atomic mass is 32.2. The van der Waals surface area contributed by atoms with Crippen LogP contribution in [0.1, 0.15) is 24.2 Å². The molecule has 1 unspecified atom stereocenters. The van der Waals surface area contributed by atoms with Gasteiger partial charge in [0.15, 0.2) is 0 Å². The molecule has 0 radical (unpaired) electrons. The second-order valence-corrected chi connectivity index (χ2v) is 6.67. The molecule has 0 aromatic carbocycles. The number of aryl methyl sites for hydroxylation is 2. The van der Waals surface area contributed by atoms with Crippen molar-refractivity contribution in [3.8, 4) is 0 Å². The third-order valence-electron chi connectivity index (χ3n) is 3.24.